The second-order valence-corrected chi connectivity index (χ2v) is 9.81. The lowest BCUT2D eigenvalue weighted by molar-refractivity contribution is 0.101. The average molecular weight is 476 g/mol. The number of hydrogen-bond donors (Lipinski definition) is 2. The first-order chi connectivity index (χ1) is 15.7. The van der Waals surface area contributed by atoms with E-state index in [9.17, 15) is 17.6 Å². The number of rotatable bonds is 3. The van der Waals surface area contributed by atoms with Crippen molar-refractivity contribution in [1.82, 2.24) is 19.5 Å². The summed E-state index contributed by atoms with van der Waals surface area (Å²) < 4.78 is 55.2. The van der Waals surface area contributed by atoms with E-state index in [0.29, 0.717) is 30.4 Å². The second kappa shape index (κ2) is 7.85. The van der Waals surface area contributed by atoms with Crippen LogP contribution in [-0.2, 0) is 17.1 Å². The van der Waals surface area contributed by atoms with E-state index in [0.717, 1.165) is 0 Å². The third-order valence-corrected chi connectivity index (χ3v) is 7.31. The molecule has 33 heavy (non-hydrogen) atoms. The summed E-state index contributed by atoms with van der Waals surface area (Å²) in [6, 6.07) is 4.04. The highest BCUT2D eigenvalue weighted by Gasteiger charge is 2.42. The van der Waals surface area contributed by atoms with Crippen molar-refractivity contribution >= 4 is 27.6 Å². The van der Waals surface area contributed by atoms with E-state index in [2.05, 4.69) is 20.2 Å². The molecule has 0 spiro atoms. The van der Waals surface area contributed by atoms with Gasteiger partial charge in [0.1, 0.15) is 10.7 Å². The van der Waals surface area contributed by atoms with Crippen LogP contribution >= 0.6 is 0 Å². The predicted molar refractivity (Wildman–Crippen MR) is 114 cm³/mol. The third-order valence-electron chi connectivity index (χ3n) is 5.83. The molecule has 11 nitrogen and oxygen atoms in total. The lowest BCUT2D eigenvalue weighted by Gasteiger charge is -2.23. The van der Waals surface area contributed by atoms with E-state index in [1.54, 1.807) is 18.9 Å². The second-order valence-electron chi connectivity index (χ2n) is 8.13. The molecule has 2 aliphatic heterocycles. The minimum absolute atomic E-state index is 0.0315. The van der Waals surface area contributed by atoms with Crippen molar-refractivity contribution in [2.75, 3.05) is 29.9 Å². The number of nitrogens with zero attached hydrogens (tertiary/aromatic N) is 4. The van der Waals surface area contributed by atoms with E-state index in [1.807, 2.05) is 0 Å². The summed E-state index contributed by atoms with van der Waals surface area (Å²) in [5.41, 5.74) is 0.797. The highest BCUT2D eigenvalue weighted by atomic mass is 32.2. The van der Waals surface area contributed by atoms with Crippen molar-refractivity contribution in [3.8, 4) is 5.75 Å². The molecule has 0 radical (unpaired) electrons. The van der Waals surface area contributed by atoms with Crippen molar-refractivity contribution in [2.24, 2.45) is 13.0 Å². The maximum Gasteiger partial charge on any atom is 0.318 e. The molecule has 3 aromatic rings. The van der Waals surface area contributed by atoms with Crippen LogP contribution in [0.3, 0.4) is 0 Å². The van der Waals surface area contributed by atoms with Gasteiger partial charge in [-0.15, -0.1) is 5.10 Å². The van der Waals surface area contributed by atoms with Gasteiger partial charge in [-0.3, -0.25) is 4.79 Å². The molecule has 1 saturated heterocycles. The van der Waals surface area contributed by atoms with E-state index >= 15 is 0 Å². The van der Waals surface area contributed by atoms with E-state index in [4.69, 9.17) is 9.15 Å². The quantitative estimate of drug-likeness (QED) is 0.578. The molecule has 0 bridgehead atoms. The zero-order valence-corrected chi connectivity index (χ0v) is 18.6. The van der Waals surface area contributed by atoms with Gasteiger partial charge in [0.2, 0.25) is 16.4 Å². The number of benzene rings is 1. The zero-order valence-electron chi connectivity index (χ0n) is 17.8. The molecule has 1 amide bonds. The topological polar surface area (TPSA) is 132 Å². The summed E-state index contributed by atoms with van der Waals surface area (Å²) in [7, 11) is -2.43. The predicted octanol–water partition coefficient (Wildman–Crippen LogP) is 1.28. The molecule has 0 saturated carbocycles. The Kier molecular flexibility index (Phi) is 5.09. The molecule has 2 aliphatic rings. The number of ether oxygens (including phenoxy) is 1. The van der Waals surface area contributed by atoms with Gasteiger partial charge in [-0.25, -0.2) is 17.5 Å². The first kappa shape index (κ1) is 21.4. The first-order valence-electron chi connectivity index (χ1n) is 10.2. The van der Waals surface area contributed by atoms with Crippen molar-refractivity contribution in [2.45, 2.75) is 17.9 Å². The third kappa shape index (κ3) is 3.82. The fourth-order valence-electron chi connectivity index (χ4n) is 4.17. The molecule has 174 valence electrons. The van der Waals surface area contributed by atoms with Crippen LogP contribution in [0.5, 0.6) is 5.75 Å². The number of sulfonamides is 1. The summed E-state index contributed by atoms with van der Waals surface area (Å²) in [4.78, 5) is 14.7. The number of anilines is 2. The Labute approximate surface area is 188 Å². The molecular weight excluding hydrogens is 455 g/mol. The molecule has 0 unspecified atom stereocenters. The highest BCUT2D eigenvalue weighted by Crippen LogP contribution is 2.35. The number of hydrogen-bond acceptors (Lipinski definition) is 8. The van der Waals surface area contributed by atoms with E-state index in [1.165, 1.54) is 35.4 Å². The number of nitrogens with one attached hydrogen (secondary N) is 2. The zero-order chi connectivity index (χ0) is 23.3. The van der Waals surface area contributed by atoms with Gasteiger partial charge in [-0.2, -0.15) is 0 Å². The molecule has 2 N–H and O–H groups in total. The number of aromatic nitrogens is 3. The fourth-order valence-corrected chi connectivity index (χ4v) is 5.66. The summed E-state index contributed by atoms with van der Waals surface area (Å²) in [5, 5.41) is 10.2. The summed E-state index contributed by atoms with van der Waals surface area (Å²) in [6.07, 6.45) is 2.55. The average Bonchev–Trinajstić information content (AvgIpc) is 3.47. The van der Waals surface area contributed by atoms with Gasteiger partial charge in [-0.1, -0.05) is 5.10 Å². The molecule has 5 rings (SSSR count). The van der Waals surface area contributed by atoms with Gasteiger partial charge in [0, 0.05) is 44.0 Å². The molecule has 2 aromatic heterocycles. The van der Waals surface area contributed by atoms with Crippen LogP contribution in [0.15, 0.2) is 40.1 Å². The summed E-state index contributed by atoms with van der Waals surface area (Å²) in [6.45, 7) is 2.54. The Morgan fingerprint density at radius 3 is 2.88 bits per heavy atom. The number of fused-ring (bicyclic) bond motifs is 2. The fraction of sp³-hybridized carbons (Fsp3) is 0.350. The lowest BCUT2D eigenvalue weighted by Crippen LogP contribution is -2.43. The minimum atomic E-state index is -3.99. The number of carbonyl (C=O) groups is 1. The maximum absolute atomic E-state index is 13.6. The van der Waals surface area contributed by atoms with Crippen molar-refractivity contribution in [3.05, 3.63) is 47.9 Å². The van der Waals surface area contributed by atoms with Crippen LogP contribution < -0.4 is 19.7 Å². The van der Waals surface area contributed by atoms with Gasteiger partial charge in [-0.05, 0) is 30.7 Å². The van der Waals surface area contributed by atoms with Crippen LogP contribution in [0.4, 0.5) is 16.1 Å². The Morgan fingerprint density at radius 2 is 2.15 bits per heavy atom. The van der Waals surface area contributed by atoms with Gasteiger partial charge >= 0.3 is 6.01 Å². The molecule has 1 fully saturated rings. The number of halogens is 1. The van der Waals surface area contributed by atoms with Gasteiger partial charge in [0.15, 0.2) is 11.4 Å². The Morgan fingerprint density at radius 1 is 1.33 bits per heavy atom. The van der Waals surface area contributed by atoms with Crippen LogP contribution in [0, 0.1) is 18.7 Å². The normalized spacial score (nSPS) is 21.5. The minimum Gasteiger partial charge on any atom is -0.489 e. The van der Waals surface area contributed by atoms with Crippen LogP contribution in [0.1, 0.15) is 16.1 Å². The number of aryl methyl sites for hydroxylation is 2. The molecule has 2 atom stereocenters. The standard InChI is InChI=1S/C20H21FN6O5S/c1-11-5-13(3-4-14(11)21)23-19(28)17-18-16(8-26(17)2)33(29,30)25-15-7-27(6-12(15)9-31-18)20-24-22-10-32-20/h3-5,8,10,12,15,25H,6-7,9H2,1-2H3,(H,23,28)/t12-,15-/m1/s1. The lowest BCUT2D eigenvalue weighted by atomic mass is 10.1. The SMILES string of the molecule is Cc1cc(NC(=O)c2c3c(cn2C)S(=O)(=O)N[C@@H]2CN(c4nnco4)C[C@@H]2CO3)ccc1F. The highest BCUT2D eigenvalue weighted by molar-refractivity contribution is 7.89. The van der Waals surface area contributed by atoms with Gasteiger partial charge in [0.05, 0.1) is 6.61 Å². The van der Waals surface area contributed by atoms with Crippen LogP contribution in [0.25, 0.3) is 0 Å². The van der Waals surface area contributed by atoms with Crippen LogP contribution in [0.2, 0.25) is 0 Å². The Hall–Kier alpha value is -3.45. The number of amides is 1. The van der Waals surface area contributed by atoms with Gasteiger partial charge in [0.25, 0.3) is 5.91 Å². The smallest absolute Gasteiger partial charge is 0.318 e. The molecule has 4 heterocycles. The van der Waals surface area contributed by atoms with Crippen molar-refractivity contribution in [3.63, 3.8) is 0 Å². The first-order valence-corrected chi connectivity index (χ1v) is 11.6. The Balaban J connectivity index is 1.44. The van der Waals surface area contributed by atoms with Crippen LogP contribution in [-0.4, -0.2) is 54.8 Å². The molecule has 1 aromatic carbocycles. The molecular formula is C20H21FN6O5S. The largest absolute Gasteiger partial charge is 0.489 e. The summed E-state index contributed by atoms with van der Waals surface area (Å²) >= 11 is 0. The monoisotopic (exact) mass is 476 g/mol. The summed E-state index contributed by atoms with van der Waals surface area (Å²) in [5.74, 6) is -1.21. The maximum atomic E-state index is 13.6. The van der Waals surface area contributed by atoms with E-state index < -0.39 is 27.8 Å². The Bertz CT molecular complexity index is 1320. The van der Waals surface area contributed by atoms with Crippen molar-refractivity contribution in [1.29, 1.82) is 0 Å². The molecule has 13 heteroatoms. The van der Waals surface area contributed by atoms with Crippen molar-refractivity contribution < 1.29 is 26.8 Å². The van der Waals surface area contributed by atoms with E-state index in [-0.39, 0.29) is 28.9 Å². The number of carbonyl (C=O) groups excluding carboxylic acids is 1. The van der Waals surface area contributed by atoms with Gasteiger partial charge < -0.3 is 23.9 Å². The molecule has 0 aliphatic carbocycles.